The molecule has 0 radical (unpaired) electrons. The van der Waals surface area contributed by atoms with Crippen LogP contribution in [-0.2, 0) is 17.6 Å². The topological polar surface area (TPSA) is 44.1 Å². The highest BCUT2D eigenvalue weighted by Crippen LogP contribution is 2.36. The number of benzene rings is 1. The van der Waals surface area contributed by atoms with E-state index < -0.39 is 0 Å². The van der Waals surface area contributed by atoms with Gasteiger partial charge in [0.1, 0.15) is 4.83 Å². The fourth-order valence-electron chi connectivity index (χ4n) is 3.87. The maximum absolute atomic E-state index is 13.5. The zero-order valence-electron chi connectivity index (χ0n) is 14.4. The third-order valence-corrected chi connectivity index (χ3v) is 7.40. The molecule has 1 aromatic carbocycles. The molecule has 3 aromatic rings. The Morgan fingerprint density at radius 2 is 2.12 bits per heavy atom. The normalized spacial score (nSPS) is 19.3. The lowest BCUT2D eigenvalue weighted by atomic mass is 10.2. The second-order valence-electron chi connectivity index (χ2n) is 6.85. The minimum absolute atomic E-state index is 0.0791. The molecule has 134 valence electrons. The highest BCUT2D eigenvalue weighted by molar-refractivity contribution is 7.99. The van der Waals surface area contributed by atoms with Crippen molar-refractivity contribution in [2.24, 2.45) is 0 Å². The van der Waals surface area contributed by atoms with Gasteiger partial charge in [0.25, 0.3) is 5.56 Å². The van der Waals surface area contributed by atoms with Crippen LogP contribution < -0.4 is 5.56 Å². The van der Waals surface area contributed by atoms with E-state index in [2.05, 4.69) is 0 Å². The van der Waals surface area contributed by atoms with Crippen molar-refractivity contribution < 1.29 is 4.74 Å². The third kappa shape index (κ3) is 2.80. The molecule has 2 aliphatic rings. The van der Waals surface area contributed by atoms with Crippen molar-refractivity contribution in [2.45, 2.75) is 43.4 Å². The Bertz CT molecular complexity index is 1000. The molecule has 0 N–H and O–H groups in total. The first-order valence-electron chi connectivity index (χ1n) is 9.18. The van der Waals surface area contributed by atoms with E-state index in [0.29, 0.717) is 0 Å². The second kappa shape index (κ2) is 6.83. The number of hydrogen-bond acceptors (Lipinski definition) is 5. The molecule has 6 heteroatoms. The monoisotopic (exact) mass is 384 g/mol. The zero-order chi connectivity index (χ0) is 17.5. The molecule has 1 saturated heterocycles. The zero-order valence-corrected chi connectivity index (χ0v) is 16.1. The number of hydrogen-bond donors (Lipinski definition) is 0. The Morgan fingerprint density at radius 3 is 2.92 bits per heavy atom. The van der Waals surface area contributed by atoms with Crippen molar-refractivity contribution in [3.8, 4) is 5.69 Å². The van der Waals surface area contributed by atoms with Gasteiger partial charge in [-0.15, -0.1) is 11.3 Å². The number of para-hydroxylation sites is 1. The Labute approximate surface area is 160 Å². The SMILES string of the molecule is O=c1c2c3c(sc2nc(SC[C@@H]2CCCO2)n1-c1ccccc1)CCC3. The summed E-state index contributed by atoms with van der Waals surface area (Å²) in [7, 11) is 0. The maximum Gasteiger partial charge on any atom is 0.267 e. The Hall–Kier alpha value is -1.63. The molecule has 1 atom stereocenters. The van der Waals surface area contributed by atoms with E-state index in [1.54, 1.807) is 27.7 Å². The highest BCUT2D eigenvalue weighted by atomic mass is 32.2. The van der Waals surface area contributed by atoms with Gasteiger partial charge in [-0.25, -0.2) is 4.98 Å². The summed E-state index contributed by atoms with van der Waals surface area (Å²) < 4.78 is 7.55. The number of rotatable bonds is 4. The Morgan fingerprint density at radius 1 is 1.23 bits per heavy atom. The van der Waals surface area contributed by atoms with E-state index in [0.717, 1.165) is 65.5 Å². The molecule has 0 spiro atoms. The van der Waals surface area contributed by atoms with Gasteiger partial charge >= 0.3 is 0 Å². The summed E-state index contributed by atoms with van der Waals surface area (Å²) in [6, 6.07) is 9.88. The van der Waals surface area contributed by atoms with Gasteiger partial charge in [-0.3, -0.25) is 9.36 Å². The van der Waals surface area contributed by atoms with Crippen LogP contribution in [0, 0.1) is 0 Å². The average Bonchev–Trinajstić information content (AvgIpc) is 3.37. The van der Waals surface area contributed by atoms with Crippen LogP contribution in [0.2, 0.25) is 0 Å². The number of aryl methyl sites for hydroxylation is 2. The lowest BCUT2D eigenvalue weighted by Gasteiger charge is -2.14. The fourth-order valence-corrected chi connectivity index (χ4v) is 6.25. The van der Waals surface area contributed by atoms with E-state index in [4.69, 9.17) is 9.72 Å². The molecule has 0 amide bonds. The molecule has 5 rings (SSSR count). The summed E-state index contributed by atoms with van der Waals surface area (Å²) in [5.41, 5.74) is 2.21. The summed E-state index contributed by atoms with van der Waals surface area (Å²) in [6.45, 7) is 0.848. The van der Waals surface area contributed by atoms with E-state index in [9.17, 15) is 4.79 Å². The van der Waals surface area contributed by atoms with Crippen LogP contribution in [0.25, 0.3) is 15.9 Å². The third-order valence-electron chi connectivity index (χ3n) is 5.14. The van der Waals surface area contributed by atoms with Crippen molar-refractivity contribution >= 4 is 33.3 Å². The summed E-state index contributed by atoms with van der Waals surface area (Å²) >= 11 is 3.35. The van der Waals surface area contributed by atoms with Crippen molar-refractivity contribution in [2.75, 3.05) is 12.4 Å². The van der Waals surface area contributed by atoms with Gasteiger partial charge in [-0.2, -0.15) is 0 Å². The minimum atomic E-state index is 0.0791. The molecule has 0 unspecified atom stereocenters. The van der Waals surface area contributed by atoms with Crippen LogP contribution in [-0.4, -0.2) is 28.0 Å². The molecule has 26 heavy (non-hydrogen) atoms. The number of aromatic nitrogens is 2. The van der Waals surface area contributed by atoms with Crippen molar-refractivity contribution in [3.05, 3.63) is 51.1 Å². The summed E-state index contributed by atoms with van der Waals surface area (Å²) in [5, 5.41) is 1.62. The summed E-state index contributed by atoms with van der Waals surface area (Å²) in [5.74, 6) is 0.843. The molecule has 3 heterocycles. The molecule has 0 saturated carbocycles. The first kappa shape index (κ1) is 16.5. The van der Waals surface area contributed by atoms with E-state index in [-0.39, 0.29) is 11.7 Å². The summed E-state index contributed by atoms with van der Waals surface area (Å²) in [4.78, 5) is 20.6. The van der Waals surface area contributed by atoms with Crippen LogP contribution in [0.3, 0.4) is 0 Å². The van der Waals surface area contributed by atoms with Crippen LogP contribution in [0.4, 0.5) is 0 Å². The Kier molecular flexibility index (Phi) is 4.35. The van der Waals surface area contributed by atoms with E-state index >= 15 is 0 Å². The quantitative estimate of drug-likeness (QED) is 0.499. The first-order chi connectivity index (χ1) is 12.8. The minimum Gasteiger partial charge on any atom is -0.377 e. The first-order valence-corrected chi connectivity index (χ1v) is 11.0. The largest absolute Gasteiger partial charge is 0.377 e. The second-order valence-corrected chi connectivity index (χ2v) is 8.92. The number of thiophene rings is 1. The average molecular weight is 385 g/mol. The van der Waals surface area contributed by atoms with Crippen LogP contribution >= 0.6 is 23.1 Å². The van der Waals surface area contributed by atoms with Crippen LogP contribution in [0.5, 0.6) is 0 Å². The standard InChI is InChI=1S/C20H20N2O2S2/c23-19-17-15-9-4-10-16(15)26-18(17)21-20(25-12-14-8-5-11-24-14)22(19)13-6-2-1-3-7-13/h1-3,6-7,14H,4-5,8-12H2/t14-/m0/s1. The molecule has 2 aromatic heterocycles. The van der Waals surface area contributed by atoms with Gasteiger partial charge in [-0.1, -0.05) is 30.0 Å². The predicted octanol–water partition coefficient (Wildman–Crippen LogP) is 4.21. The van der Waals surface area contributed by atoms with Crippen molar-refractivity contribution in [1.82, 2.24) is 9.55 Å². The Balaban J connectivity index is 1.65. The molecule has 1 fully saturated rings. The van der Waals surface area contributed by atoms with Crippen molar-refractivity contribution in [1.29, 1.82) is 0 Å². The lowest BCUT2D eigenvalue weighted by Crippen LogP contribution is -2.22. The van der Waals surface area contributed by atoms with Gasteiger partial charge in [-0.05, 0) is 49.8 Å². The van der Waals surface area contributed by atoms with E-state index in [1.165, 1.54) is 10.4 Å². The number of fused-ring (bicyclic) bond motifs is 3. The van der Waals surface area contributed by atoms with Gasteiger partial charge in [0, 0.05) is 17.2 Å². The van der Waals surface area contributed by atoms with Crippen molar-refractivity contribution in [3.63, 3.8) is 0 Å². The molecule has 0 bridgehead atoms. The molecule has 1 aliphatic carbocycles. The van der Waals surface area contributed by atoms with Crippen LogP contribution in [0.15, 0.2) is 40.3 Å². The highest BCUT2D eigenvalue weighted by Gasteiger charge is 2.24. The van der Waals surface area contributed by atoms with Gasteiger partial charge in [0.05, 0.1) is 17.2 Å². The predicted molar refractivity (Wildman–Crippen MR) is 107 cm³/mol. The number of ether oxygens (including phenoxy) is 1. The molecule has 1 aliphatic heterocycles. The number of thioether (sulfide) groups is 1. The molecule has 4 nitrogen and oxygen atoms in total. The molecular formula is C20H20N2O2S2. The molecular weight excluding hydrogens is 364 g/mol. The maximum atomic E-state index is 13.5. The fraction of sp³-hybridized carbons (Fsp3) is 0.400. The smallest absolute Gasteiger partial charge is 0.267 e. The summed E-state index contributed by atoms with van der Waals surface area (Å²) in [6.07, 6.45) is 5.73. The van der Waals surface area contributed by atoms with Gasteiger partial charge < -0.3 is 4.74 Å². The van der Waals surface area contributed by atoms with Gasteiger partial charge in [0.2, 0.25) is 0 Å². The lowest BCUT2D eigenvalue weighted by molar-refractivity contribution is 0.129. The van der Waals surface area contributed by atoms with E-state index in [1.807, 2.05) is 30.3 Å². The van der Waals surface area contributed by atoms with Gasteiger partial charge in [0.15, 0.2) is 5.16 Å². The van der Waals surface area contributed by atoms with Crippen LogP contribution in [0.1, 0.15) is 29.7 Å². The number of nitrogens with zero attached hydrogens (tertiary/aromatic N) is 2.